The molecule has 3 aromatic carbocycles. The lowest BCUT2D eigenvalue weighted by molar-refractivity contribution is -0.112. The van der Waals surface area contributed by atoms with Crippen LogP contribution >= 0.6 is 27.5 Å². The SMILES string of the molecule is Cc1cc(C)cc(Cc2ccc(/C=C(\C#N)C(=O)Nc3ccc(C)c(Cl)c3)cc2Br)c1. The van der Waals surface area contributed by atoms with E-state index in [0.717, 1.165) is 27.6 Å². The Morgan fingerprint density at radius 3 is 2.39 bits per heavy atom. The predicted molar refractivity (Wildman–Crippen MR) is 131 cm³/mol. The number of aryl methyl sites for hydroxylation is 3. The number of carbonyl (C=O) groups excluding carboxylic acids is 1. The molecule has 0 fully saturated rings. The van der Waals surface area contributed by atoms with E-state index in [1.807, 2.05) is 37.3 Å². The second-order valence-corrected chi connectivity index (χ2v) is 8.87. The first-order valence-corrected chi connectivity index (χ1v) is 11.0. The van der Waals surface area contributed by atoms with Gasteiger partial charge in [0, 0.05) is 15.2 Å². The molecule has 1 N–H and O–H groups in total. The topological polar surface area (TPSA) is 52.9 Å². The first-order chi connectivity index (χ1) is 14.7. The van der Waals surface area contributed by atoms with E-state index in [2.05, 4.69) is 53.3 Å². The van der Waals surface area contributed by atoms with Crippen molar-refractivity contribution in [3.8, 4) is 6.07 Å². The predicted octanol–water partition coefficient (Wildman–Crippen LogP) is 7.16. The van der Waals surface area contributed by atoms with Crippen molar-refractivity contribution in [1.82, 2.24) is 0 Å². The van der Waals surface area contributed by atoms with Gasteiger partial charge in [0.05, 0.1) is 0 Å². The smallest absolute Gasteiger partial charge is 0.266 e. The molecule has 1 amide bonds. The van der Waals surface area contributed by atoms with Crippen LogP contribution in [0.1, 0.15) is 33.4 Å². The van der Waals surface area contributed by atoms with Crippen LogP contribution in [0.4, 0.5) is 5.69 Å². The molecule has 0 atom stereocenters. The number of amides is 1. The highest BCUT2D eigenvalue weighted by atomic mass is 79.9. The van der Waals surface area contributed by atoms with Gasteiger partial charge in [-0.15, -0.1) is 0 Å². The lowest BCUT2D eigenvalue weighted by Gasteiger charge is -2.09. The summed E-state index contributed by atoms with van der Waals surface area (Å²) in [6, 6.07) is 19.6. The van der Waals surface area contributed by atoms with Crippen molar-refractivity contribution in [2.24, 2.45) is 0 Å². The van der Waals surface area contributed by atoms with Crippen LogP contribution in [0.15, 0.2) is 64.6 Å². The second-order valence-electron chi connectivity index (χ2n) is 7.61. The lowest BCUT2D eigenvalue weighted by atomic mass is 9.99. The Morgan fingerprint density at radius 2 is 1.77 bits per heavy atom. The Hall–Kier alpha value is -2.87. The molecule has 0 heterocycles. The minimum atomic E-state index is -0.474. The quantitative estimate of drug-likeness (QED) is 0.303. The third kappa shape index (κ3) is 6.07. The van der Waals surface area contributed by atoms with Crippen molar-refractivity contribution in [1.29, 1.82) is 5.26 Å². The number of hydrogen-bond donors (Lipinski definition) is 1. The number of anilines is 1. The van der Waals surface area contributed by atoms with E-state index in [1.54, 1.807) is 18.2 Å². The van der Waals surface area contributed by atoms with Gasteiger partial charge in [-0.05, 0) is 73.7 Å². The molecule has 0 aromatic heterocycles. The summed E-state index contributed by atoms with van der Waals surface area (Å²) in [6.45, 7) is 6.08. The Morgan fingerprint density at radius 1 is 1.06 bits per heavy atom. The van der Waals surface area contributed by atoms with Gasteiger partial charge in [-0.2, -0.15) is 5.26 Å². The van der Waals surface area contributed by atoms with E-state index >= 15 is 0 Å². The molecule has 156 valence electrons. The number of benzene rings is 3. The molecule has 3 rings (SSSR count). The van der Waals surface area contributed by atoms with E-state index in [0.29, 0.717) is 10.7 Å². The lowest BCUT2D eigenvalue weighted by Crippen LogP contribution is -2.13. The molecule has 5 heteroatoms. The van der Waals surface area contributed by atoms with E-state index in [9.17, 15) is 10.1 Å². The van der Waals surface area contributed by atoms with E-state index in [4.69, 9.17) is 11.6 Å². The normalized spacial score (nSPS) is 11.2. The molecule has 0 aliphatic heterocycles. The number of hydrogen-bond acceptors (Lipinski definition) is 2. The van der Waals surface area contributed by atoms with Gasteiger partial charge in [0.15, 0.2) is 0 Å². The zero-order chi connectivity index (χ0) is 22.5. The van der Waals surface area contributed by atoms with Gasteiger partial charge in [0.25, 0.3) is 5.91 Å². The molecule has 0 radical (unpaired) electrons. The number of rotatable bonds is 5. The van der Waals surface area contributed by atoms with Gasteiger partial charge in [-0.25, -0.2) is 0 Å². The molecule has 0 bridgehead atoms. The maximum atomic E-state index is 12.5. The van der Waals surface area contributed by atoms with Crippen molar-refractivity contribution >= 4 is 45.2 Å². The maximum Gasteiger partial charge on any atom is 0.266 e. The Balaban J connectivity index is 1.79. The molecular formula is C26H22BrClN2O. The van der Waals surface area contributed by atoms with E-state index < -0.39 is 5.91 Å². The van der Waals surface area contributed by atoms with Crippen molar-refractivity contribution in [3.63, 3.8) is 0 Å². The zero-order valence-electron chi connectivity index (χ0n) is 17.6. The van der Waals surface area contributed by atoms with Crippen molar-refractivity contribution < 1.29 is 4.79 Å². The van der Waals surface area contributed by atoms with Crippen LogP contribution < -0.4 is 5.32 Å². The monoisotopic (exact) mass is 492 g/mol. The number of nitrogens with one attached hydrogen (secondary N) is 1. The highest BCUT2D eigenvalue weighted by molar-refractivity contribution is 9.10. The zero-order valence-corrected chi connectivity index (χ0v) is 19.9. The summed E-state index contributed by atoms with van der Waals surface area (Å²) >= 11 is 9.74. The molecule has 3 aromatic rings. The van der Waals surface area contributed by atoms with Crippen molar-refractivity contribution in [2.45, 2.75) is 27.2 Å². The summed E-state index contributed by atoms with van der Waals surface area (Å²) in [4.78, 5) is 12.5. The third-order valence-corrected chi connectivity index (χ3v) is 6.00. The highest BCUT2D eigenvalue weighted by Gasteiger charge is 2.11. The van der Waals surface area contributed by atoms with Crippen LogP contribution in [0.5, 0.6) is 0 Å². The molecule has 0 unspecified atom stereocenters. The summed E-state index contributed by atoms with van der Waals surface area (Å²) < 4.78 is 0.934. The fraction of sp³-hybridized carbons (Fsp3) is 0.154. The Labute approximate surface area is 196 Å². The van der Waals surface area contributed by atoms with Crippen LogP contribution in [0, 0.1) is 32.1 Å². The third-order valence-electron chi connectivity index (χ3n) is 4.86. The molecule has 0 spiro atoms. The summed E-state index contributed by atoms with van der Waals surface area (Å²) in [7, 11) is 0. The maximum absolute atomic E-state index is 12.5. The minimum Gasteiger partial charge on any atom is -0.321 e. The number of halogens is 2. The largest absolute Gasteiger partial charge is 0.321 e. The van der Waals surface area contributed by atoms with Crippen LogP contribution in [-0.2, 0) is 11.2 Å². The van der Waals surface area contributed by atoms with E-state index in [-0.39, 0.29) is 5.57 Å². The van der Waals surface area contributed by atoms with Gasteiger partial charge >= 0.3 is 0 Å². The Kier molecular flexibility index (Phi) is 7.33. The molecule has 0 saturated heterocycles. The van der Waals surface area contributed by atoms with Crippen molar-refractivity contribution in [3.05, 3.63) is 103 Å². The first-order valence-electron chi connectivity index (χ1n) is 9.80. The number of carbonyl (C=O) groups is 1. The first kappa shape index (κ1) is 22.8. The molecule has 3 nitrogen and oxygen atoms in total. The molecule has 0 aliphatic carbocycles. The molecule has 31 heavy (non-hydrogen) atoms. The van der Waals surface area contributed by atoms with Crippen LogP contribution in [-0.4, -0.2) is 5.91 Å². The van der Waals surface area contributed by atoms with Crippen LogP contribution in [0.2, 0.25) is 5.02 Å². The standard InChI is InChI=1S/C26H22BrClN2O/c1-16-8-17(2)10-20(9-16)12-21-6-5-19(13-24(21)27)11-22(15-29)26(31)30-23-7-4-18(3)25(28)14-23/h4-11,13-14H,12H2,1-3H3,(H,30,31)/b22-11+. The number of nitrogens with zero attached hydrogens (tertiary/aromatic N) is 1. The Bertz CT molecular complexity index is 1200. The summed E-state index contributed by atoms with van der Waals surface area (Å²) in [5, 5.41) is 12.8. The average Bonchev–Trinajstić information content (AvgIpc) is 2.70. The fourth-order valence-corrected chi connectivity index (χ4v) is 4.09. The van der Waals surface area contributed by atoms with Gasteiger partial charge in [-0.3, -0.25) is 4.79 Å². The van der Waals surface area contributed by atoms with Crippen LogP contribution in [0.3, 0.4) is 0 Å². The van der Waals surface area contributed by atoms with Crippen LogP contribution in [0.25, 0.3) is 6.08 Å². The van der Waals surface area contributed by atoms with E-state index in [1.165, 1.54) is 16.7 Å². The number of nitriles is 1. The molecular weight excluding hydrogens is 472 g/mol. The van der Waals surface area contributed by atoms with Gasteiger partial charge in [0.2, 0.25) is 0 Å². The second kappa shape index (κ2) is 9.96. The van der Waals surface area contributed by atoms with Crippen molar-refractivity contribution in [2.75, 3.05) is 5.32 Å². The van der Waals surface area contributed by atoms with Gasteiger partial charge in [0.1, 0.15) is 11.6 Å². The minimum absolute atomic E-state index is 0.0191. The average molecular weight is 494 g/mol. The summed E-state index contributed by atoms with van der Waals surface area (Å²) in [5.74, 6) is -0.474. The highest BCUT2D eigenvalue weighted by Crippen LogP contribution is 2.25. The molecule has 0 saturated carbocycles. The fourth-order valence-electron chi connectivity index (χ4n) is 3.37. The summed E-state index contributed by atoms with van der Waals surface area (Å²) in [6.07, 6.45) is 2.38. The van der Waals surface area contributed by atoms with Gasteiger partial charge < -0.3 is 5.32 Å². The summed E-state index contributed by atoms with van der Waals surface area (Å²) in [5.41, 5.74) is 7.12. The molecule has 0 aliphatic rings. The van der Waals surface area contributed by atoms with Gasteiger partial charge in [-0.1, -0.05) is 75.1 Å².